The topological polar surface area (TPSA) is 86.9 Å². The van der Waals surface area contributed by atoms with Gasteiger partial charge in [-0.05, 0) is 43.4 Å². The molecule has 4 rings (SSSR count). The molecule has 2 aromatic heterocycles. The Bertz CT molecular complexity index is 1170. The van der Waals surface area contributed by atoms with Crippen LogP contribution in [0.2, 0.25) is 0 Å². The summed E-state index contributed by atoms with van der Waals surface area (Å²) in [7, 11) is 0. The summed E-state index contributed by atoms with van der Waals surface area (Å²) >= 11 is 0. The third-order valence-electron chi connectivity index (χ3n) is 6.14. The Labute approximate surface area is 181 Å². The molecule has 1 aromatic carbocycles. The molecule has 1 aliphatic rings. The normalized spacial score (nSPS) is 16.8. The number of aromatic carboxylic acids is 1. The highest BCUT2D eigenvalue weighted by molar-refractivity contribution is 5.94. The van der Waals surface area contributed by atoms with Gasteiger partial charge in [-0.3, -0.25) is 9.20 Å². The lowest BCUT2D eigenvalue weighted by Crippen LogP contribution is -2.38. The highest BCUT2D eigenvalue weighted by Gasteiger charge is 2.26. The molecule has 0 radical (unpaired) electrons. The summed E-state index contributed by atoms with van der Waals surface area (Å²) < 4.78 is 1.55. The maximum atomic E-state index is 12.8. The molecular formula is C24H28N4O3. The minimum Gasteiger partial charge on any atom is -0.478 e. The van der Waals surface area contributed by atoms with Gasteiger partial charge in [0.1, 0.15) is 11.5 Å². The first-order valence-corrected chi connectivity index (χ1v) is 10.6. The Morgan fingerprint density at radius 3 is 2.58 bits per heavy atom. The number of carboxylic acid groups (broad SMARTS) is 1. The summed E-state index contributed by atoms with van der Waals surface area (Å²) in [4.78, 5) is 31.4. The van der Waals surface area contributed by atoms with E-state index in [1.54, 1.807) is 40.9 Å². The molecule has 1 saturated heterocycles. The molecule has 1 fully saturated rings. The molecule has 31 heavy (non-hydrogen) atoms. The molecule has 0 aliphatic carbocycles. The lowest BCUT2D eigenvalue weighted by Gasteiger charge is -2.37. The van der Waals surface area contributed by atoms with Gasteiger partial charge in [0, 0.05) is 36.6 Å². The maximum absolute atomic E-state index is 12.8. The van der Waals surface area contributed by atoms with Crippen LogP contribution in [0.5, 0.6) is 0 Å². The minimum absolute atomic E-state index is 0.121. The molecule has 0 spiro atoms. The van der Waals surface area contributed by atoms with Crippen molar-refractivity contribution in [1.82, 2.24) is 9.38 Å². The third-order valence-corrected chi connectivity index (χ3v) is 6.14. The smallest absolute Gasteiger partial charge is 0.337 e. The van der Waals surface area contributed by atoms with Crippen molar-refractivity contribution in [3.63, 3.8) is 0 Å². The molecule has 0 amide bonds. The van der Waals surface area contributed by atoms with Crippen molar-refractivity contribution in [2.24, 2.45) is 5.41 Å². The van der Waals surface area contributed by atoms with Crippen LogP contribution in [-0.4, -0.2) is 33.6 Å². The second-order valence-electron chi connectivity index (χ2n) is 8.98. The summed E-state index contributed by atoms with van der Waals surface area (Å²) in [5.74, 6) is -0.288. The highest BCUT2D eigenvalue weighted by atomic mass is 16.4. The quantitative estimate of drug-likeness (QED) is 0.644. The van der Waals surface area contributed by atoms with Crippen LogP contribution in [-0.2, 0) is 0 Å². The molecule has 1 aliphatic heterocycles. The van der Waals surface area contributed by atoms with Crippen molar-refractivity contribution in [3.05, 3.63) is 70.1 Å². The fourth-order valence-corrected chi connectivity index (χ4v) is 4.08. The van der Waals surface area contributed by atoms with Crippen LogP contribution in [0.1, 0.15) is 55.6 Å². The number of benzene rings is 1. The Morgan fingerprint density at radius 1 is 1.16 bits per heavy atom. The van der Waals surface area contributed by atoms with E-state index in [1.165, 1.54) is 0 Å². The molecule has 1 unspecified atom stereocenters. The zero-order valence-corrected chi connectivity index (χ0v) is 18.1. The Morgan fingerprint density at radius 2 is 1.87 bits per heavy atom. The zero-order valence-electron chi connectivity index (χ0n) is 18.1. The predicted molar refractivity (Wildman–Crippen MR) is 122 cm³/mol. The van der Waals surface area contributed by atoms with E-state index in [1.807, 2.05) is 19.1 Å². The Balaban J connectivity index is 1.71. The molecular weight excluding hydrogens is 392 g/mol. The van der Waals surface area contributed by atoms with E-state index in [2.05, 4.69) is 24.1 Å². The van der Waals surface area contributed by atoms with Gasteiger partial charge in [-0.25, -0.2) is 9.78 Å². The van der Waals surface area contributed by atoms with Gasteiger partial charge in [0.15, 0.2) is 0 Å². The monoisotopic (exact) mass is 420 g/mol. The van der Waals surface area contributed by atoms with Crippen LogP contribution in [0.4, 0.5) is 11.5 Å². The van der Waals surface area contributed by atoms with Crippen molar-refractivity contribution >= 4 is 23.1 Å². The molecule has 0 bridgehead atoms. The van der Waals surface area contributed by atoms with E-state index >= 15 is 0 Å². The van der Waals surface area contributed by atoms with Crippen molar-refractivity contribution in [2.45, 2.75) is 39.7 Å². The number of pyridine rings is 1. The predicted octanol–water partition coefficient (Wildman–Crippen LogP) is 4.19. The molecule has 3 heterocycles. The van der Waals surface area contributed by atoms with E-state index in [-0.39, 0.29) is 17.2 Å². The van der Waals surface area contributed by atoms with E-state index in [0.29, 0.717) is 22.6 Å². The number of aromatic nitrogens is 2. The molecule has 1 atom stereocenters. The molecule has 3 aromatic rings. The fraction of sp³-hybridized carbons (Fsp3) is 0.375. The number of hydrogen-bond acceptors (Lipinski definition) is 5. The minimum atomic E-state index is -0.988. The number of fused-ring (bicyclic) bond motifs is 1. The zero-order chi connectivity index (χ0) is 22.2. The van der Waals surface area contributed by atoms with Crippen LogP contribution in [0, 0.1) is 5.41 Å². The van der Waals surface area contributed by atoms with Crippen molar-refractivity contribution in [2.75, 3.05) is 23.3 Å². The first kappa shape index (κ1) is 20.9. The van der Waals surface area contributed by atoms with E-state index in [9.17, 15) is 14.7 Å². The lowest BCUT2D eigenvalue weighted by atomic mass is 9.83. The third kappa shape index (κ3) is 4.26. The van der Waals surface area contributed by atoms with Crippen molar-refractivity contribution < 1.29 is 9.90 Å². The Hall–Kier alpha value is -3.35. The molecule has 7 nitrogen and oxygen atoms in total. The maximum Gasteiger partial charge on any atom is 0.337 e. The van der Waals surface area contributed by atoms with Crippen molar-refractivity contribution in [3.8, 4) is 0 Å². The largest absolute Gasteiger partial charge is 0.478 e. The van der Waals surface area contributed by atoms with Crippen LogP contribution >= 0.6 is 0 Å². The SMILES string of the molecule is CC(Nc1ccccc1C(=O)O)c1cccn2c(=O)cc(N3CCC(C)(C)CC3)nc12. The van der Waals surface area contributed by atoms with Gasteiger partial charge < -0.3 is 15.3 Å². The molecule has 2 N–H and O–H groups in total. The number of hydrogen-bond donors (Lipinski definition) is 2. The van der Waals surface area contributed by atoms with Crippen LogP contribution < -0.4 is 15.8 Å². The van der Waals surface area contributed by atoms with E-state index in [4.69, 9.17) is 4.98 Å². The summed E-state index contributed by atoms with van der Waals surface area (Å²) in [6.45, 7) is 8.23. The second-order valence-corrected chi connectivity index (χ2v) is 8.98. The summed E-state index contributed by atoms with van der Waals surface area (Å²) in [5.41, 5.74) is 2.34. The number of nitrogens with one attached hydrogen (secondary N) is 1. The van der Waals surface area contributed by atoms with Crippen LogP contribution in [0.3, 0.4) is 0 Å². The summed E-state index contributed by atoms with van der Waals surface area (Å²) in [6.07, 6.45) is 3.83. The van der Waals surface area contributed by atoms with E-state index < -0.39 is 5.97 Å². The Kier molecular flexibility index (Phi) is 5.43. The van der Waals surface area contributed by atoms with Crippen LogP contribution in [0.25, 0.3) is 5.65 Å². The first-order valence-electron chi connectivity index (χ1n) is 10.6. The number of anilines is 2. The number of nitrogens with zero attached hydrogens (tertiary/aromatic N) is 3. The van der Waals surface area contributed by atoms with Gasteiger partial charge in [0.05, 0.1) is 11.6 Å². The first-order chi connectivity index (χ1) is 14.7. The standard InChI is InChI=1S/C24H28N4O3/c1-16(25-19-9-5-4-7-18(19)23(30)31)17-8-6-12-28-21(29)15-20(26-22(17)28)27-13-10-24(2,3)11-14-27/h4-9,12,15-16,25H,10-11,13-14H2,1-3H3,(H,30,31). The average molecular weight is 421 g/mol. The number of carboxylic acids is 1. The molecule has 0 saturated carbocycles. The van der Waals surface area contributed by atoms with Crippen LogP contribution in [0.15, 0.2) is 53.5 Å². The van der Waals surface area contributed by atoms with Crippen molar-refractivity contribution in [1.29, 1.82) is 0 Å². The number of piperidine rings is 1. The lowest BCUT2D eigenvalue weighted by molar-refractivity contribution is 0.0698. The van der Waals surface area contributed by atoms with Gasteiger partial charge in [0.25, 0.3) is 5.56 Å². The average Bonchev–Trinajstić information content (AvgIpc) is 2.73. The van der Waals surface area contributed by atoms with Gasteiger partial charge in [0.2, 0.25) is 0 Å². The number of rotatable bonds is 5. The highest BCUT2D eigenvalue weighted by Crippen LogP contribution is 2.32. The second kappa shape index (κ2) is 8.06. The summed E-state index contributed by atoms with van der Waals surface area (Å²) in [5, 5.41) is 12.8. The van der Waals surface area contributed by atoms with Gasteiger partial charge in [-0.2, -0.15) is 0 Å². The van der Waals surface area contributed by atoms with E-state index in [0.717, 1.165) is 31.5 Å². The van der Waals surface area contributed by atoms with Gasteiger partial charge in [-0.1, -0.05) is 32.0 Å². The molecule has 7 heteroatoms. The molecule has 162 valence electrons. The van der Waals surface area contributed by atoms with Gasteiger partial charge >= 0.3 is 5.97 Å². The van der Waals surface area contributed by atoms with Gasteiger partial charge in [-0.15, -0.1) is 0 Å². The number of carbonyl (C=O) groups is 1. The summed E-state index contributed by atoms with van der Waals surface area (Å²) in [6, 6.07) is 11.9. The number of para-hydroxylation sites is 1. The fourth-order valence-electron chi connectivity index (χ4n) is 4.08.